The van der Waals surface area contributed by atoms with Gasteiger partial charge in [0.05, 0.1) is 12.3 Å². The zero-order valence-electron chi connectivity index (χ0n) is 10.3. The molecule has 0 bridgehead atoms. The zero-order valence-corrected chi connectivity index (χ0v) is 10.3. The van der Waals surface area contributed by atoms with Gasteiger partial charge in [-0.2, -0.15) is 0 Å². The van der Waals surface area contributed by atoms with Crippen molar-refractivity contribution in [2.24, 2.45) is 0 Å². The van der Waals surface area contributed by atoms with Crippen LogP contribution in [0.5, 0.6) is 5.75 Å². The first-order valence-electron chi connectivity index (χ1n) is 5.42. The average Bonchev–Trinajstić information content (AvgIpc) is 2.32. The highest BCUT2D eigenvalue weighted by Gasteiger charge is 2.19. The maximum atomic E-state index is 11.6. The van der Waals surface area contributed by atoms with Gasteiger partial charge in [-0.15, -0.1) is 0 Å². The molecule has 0 unspecified atom stereocenters. The predicted molar refractivity (Wildman–Crippen MR) is 66.2 cm³/mol. The number of aliphatic hydroxyl groups excluding tert-OH is 1. The Bertz CT molecular complexity index is 459. The van der Waals surface area contributed by atoms with Gasteiger partial charge in [-0.05, 0) is 24.6 Å². The van der Waals surface area contributed by atoms with Gasteiger partial charge in [0, 0.05) is 13.6 Å². The van der Waals surface area contributed by atoms with Gasteiger partial charge in [-0.3, -0.25) is 9.59 Å². The number of nitrogens with zero attached hydrogens (tertiary/aromatic N) is 1. The third-order valence-corrected chi connectivity index (χ3v) is 2.38. The van der Waals surface area contributed by atoms with Crippen LogP contribution in [-0.4, -0.2) is 47.1 Å². The topological polar surface area (TPSA) is 89.9 Å². The summed E-state index contributed by atoms with van der Waals surface area (Å²) < 4.78 is 0. The Balaban J connectivity index is 2.72. The Morgan fingerprint density at radius 1 is 1.39 bits per heavy atom. The molecule has 6 nitrogen and oxygen atoms in total. The van der Waals surface area contributed by atoms with Crippen molar-refractivity contribution in [2.45, 2.75) is 6.92 Å². The van der Waals surface area contributed by atoms with Gasteiger partial charge in [-0.25, -0.2) is 0 Å². The van der Waals surface area contributed by atoms with Crippen LogP contribution in [0.3, 0.4) is 0 Å². The lowest BCUT2D eigenvalue weighted by atomic mass is 10.2. The highest BCUT2D eigenvalue weighted by atomic mass is 16.3. The van der Waals surface area contributed by atoms with E-state index in [-0.39, 0.29) is 24.6 Å². The Hall–Kier alpha value is -2.08. The Labute approximate surface area is 105 Å². The van der Waals surface area contributed by atoms with Crippen molar-refractivity contribution in [1.29, 1.82) is 0 Å². The number of carbonyl (C=O) groups excluding carboxylic acids is 2. The van der Waals surface area contributed by atoms with E-state index in [0.29, 0.717) is 0 Å². The molecule has 0 radical (unpaired) electrons. The maximum Gasteiger partial charge on any atom is 0.313 e. The molecule has 98 valence electrons. The van der Waals surface area contributed by atoms with Gasteiger partial charge in [0.25, 0.3) is 0 Å². The van der Waals surface area contributed by atoms with E-state index in [9.17, 15) is 14.7 Å². The number of rotatable bonds is 3. The van der Waals surface area contributed by atoms with Crippen LogP contribution in [0.2, 0.25) is 0 Å². The van der Waals surface area contributed by atoms with Crippen molar-refractivity contribution >= 4 is 17.5 Å². The number of benzene rings is 1. The van der Waals surface area contributed by atoms with Crippen molar-refractivity contribution < 1.29 is 19.8 Å². The number of carbonyl (C=O) groups is 2. The summed E-state index contributed by atoms with van der Waals surface area (Å²) in [6, 6.07) is 4.71. The summed E-state index contributed by atoms with van der Waals surface area (Å²) in [5.74, 6) is -1.73. The zero-order chi connectivity index (χ0) is 13.7. The number of amides is 2. The lowest BCUT2D eigenvalue weighted by molar-refractivity contribution is -0.142. The number of likely N-dealkylation sites (N-methyl/N-ethyl adjacent to an activating group) is 1. The second kappa shape index (κ2) is 6.02. The molecule has 0 spiro atoms. The summed E-state index contributed by atoms with van der Waals surface area (Å²) in [4.78, 5) is 24.2. The summed E-state index contributed by atoms with van der Waals surface area (Å²) in [5, 5.41) is 20.6. The standard InChI is InChI=1S/C12H16N2O4/c1-8-3-4-9(10(16)7-8)13-11(17)12(18)14(2)5-6-15/h3-4,7,15-16H,5-6H2,1-2H3,(H,13,17). The fraction of sp³-hybridized carbons (Fsp3) is 0.333. The molecule has 0 aliphatic heterocycles. The highest BCUT2D eigenvalue weighted by Crippen LogP contribution is 2.23. The third kappa shape index (κ3) is 3.46. The van der Waals surface area contributed by atoms with Gasteiger partial charge >= 0.3 is 11.8 Å². The second-order valence-corrected chi connectivity index (χ2v) is 3.93. The molecule has 0 atom stereocenters. The van der Waals surface area contributed by atoms with Gasteiger partial charge in [0.2, 0.25) is 0 Å². The number of hydrogen-bond acceptors (Lipinski definition) is 4. The molecule has 1 rings (SSSR count). The van der Waals surface area contributed by atoms with Gasteiger partial charge in [0.1, 0.15) is 5.75 Å². The fourth-order valence-electron chi connectivity index (χ4n) is 1.35. The number of aryl methyl sites for hydroxylation is 1. The van der Waals surface area contributed by atoms with E-state index < -0.39 is 11.8 Å². The molecule has 0 aromatic heterocycles. The van der Waals surface area contributed by atoms with Crippen molar-refractivity contribution in [3.63, 3.8) is 0 Å². The van der Waals surface area contributed by atoms with E-state index >= 15 is 0 Å². The molecule has 0 heterocycles. The molecular weight excluding hydrogens is 236 g/mol. The summed E-state index contributed by atoms with van der Waals surface area (Å²) in [7, 11) is 1.41. The highest BCUT2D eigenvalue weighted by molar-refractivity contribution is 6.39. The van der Waals surface area contributed by atoms with Crippen LogP contribution in [-0.2, 0) is 9.59 Å². The van der Waals surface area contributed by atoms with E-state index in [1.54, 1.807) is 13.0 Å². The van der Waals surface area contributed by atoms with E-state index in [1.807, 2.05) is 0 Å². The number of hydrogen-bond donors (Lipinski definition) is 3. The quantitative estimate of drug-likeness (QED) is 0.525. The molecule has 6 heteroatoms. The van der Waals surface area contributed by atoms with E-state index in [1.165, 1.54) is 19.2 Å². The third-order valence-electron chi connectivity index (χ3n) is 2.38. The number of phenols is 1. The Morgan fingerprint density at radius 3 is 2.61 bits per heavy atom. The van der Waals surface area contributed by atoms with Crippen LogP contribution in [0.15, 0.2) is 18.2 Å². The Morgan fingerprint density at radius 2 is 2.06 bits per heavy atom. The molecule has 0 aliphatic rings. The van der Waals surface area contributed by atoms with Crippen LogP contribution < -0.4 is 5.32 Å². The molecule has 3 N–H and O–H groups in total. The summed E-state index contributed by atoms with van der Waals surface area (Å²) in [5.41, 5.74) is 1.02. The number of aromatic hydroxyl groups is 1. The molecule has 18 heavy (non-hydrogen) atoms. The number of aliphatic hydroxyl groups is 1. The monoisotopic (exact) mass is 252 g/mol. The number of anilines is 1. The number of phenolic OH excluding ortho intramolecular Hbond substituents is 1. The molecule has 0 fully saturated rings. The van der Waals surface area contributed by atoms with Gasteiger partial charge in [-0.1, -0.05) is 6.07 Å². The molecule has 0 aliphatic carbocycles. The second-order valence-electron chi connectivity index (χ2n) is 3.93. The molecule has 1 aromatic rings. The molecule has 2 amide bonds. The molecule has 0 saturated carbocycles. The summed E-state index contributed by atoms with van der Waals surface area (Å²) >= 11 is 0. The normalized spacial score (nSPS) is 9.94. The van der Waals surface area contributed by atoms with Gasteiger partial charge in [0.15, 0.2) is 0 Å². The van der Waals surface area contributed by atoms with Crippen molar-refractivity contribution in [3.8, 4) is 5.75 Å². The number of nitrogens with one attached hydrogen (secondary N) is 1. The predicted octanol–water partition coefficient (Wildman–Crippen LogP) is 0.0898. The summed E-state index contributed by atoms with van der Waals surface area (Å²) in [6.07, 6.45) is 0. The average molecular weight is 252 g/mol. The minimum atomic E-state index is -0.856. The fourth-order valence-corrected chi connectivity index (χ4v) is 1.35. The minimum absolute atomic E-state index is 0.0755. The molecular formula is C12H16N2O4. The van der Waals surface area contributed by atoms with Crippen LogP contribution in [0.1, 0.15) is 5.56 Å². The first-order chi connectivity index (χ1) is 8.45. The largest absolute Gasteiger partial charge is 0.506 e. The SMILES string of the molecule is Cc1ccc(NC(=O)C(=O)N(C)CCO)c(O)c1. The van der Waals surface area contributed by atoms with Crippen molar-refractivity contribution in [1.82, 2.24) is 4.90 Å². The molecule has 1 aromatic carbocycles. The van der Waals surface area contributed by atoms with E-state index in [4.69, 9.17) is 5.11 Å². The van der Waals surface area contributed by atoms with Crippen LogP contribution >= 0.6 is 0 Å². The summed E-state index contributed by atoms with van der Waals surface area (Å²) in [6.45, 7) is 1.66. The van der Waals surface area contributed by atoms with Gasteiger partial charge < -0.3 is 20.4 Å². The van der Waals surface area contributed by atoms with Crippen molar-refractivity contribution in [3.05, 3.63) is 23.8 Å². The smallest absolute Gasteiger partial charge is 0.313 e. The molecule has 0 saturated heterocycles. The Kier molecular flexibility index (Phi) is 4.67. The minimum Gasteiger partial charge on any atom is -0.506 e. The lowest BCUT2D eigenvalue weighted by Crippen LogP contribution is -2.38. The maximum absolute atomic E-state index is 11.6. The van der Waals surface area contributed by atoms with Crippen LogP contribution in [0.25, 0.3) is 0 Å². The van der Waals surface area contributed by atoms with Crippen LogP contribution in [0.4, 0.5) is 5.69 Å². The van der Waals surface area contributed by atoms with E-state index in [0.717, 1.165) is 10.5 Å². The lowest BCUT2D eigenvalue weighted by Gasteiger charge is -2.15. The van der Waals surface area contributed by atoms with Crippen molar-refractivity contribution in [2.75, 3.05) is 25.5 Å². The first-order valence-corrected chi connectivity index (χ1v) is 5.42. The van der Waals surface area contributed by atoms with Crippen LogP contribution in [0, 0.1) is 6.92 Å². The first kappa shape index (κ1) is 14.0. The van der Waals surface area contributed by atoms with E-state index in [2.05, 4.69) is 5.32 Å².